The normalized spacial score (nSPS) is 19.8. The Bertz CT molecular complexity index is 1280. The molecule has 1 N–H and O–H groups in total. The first-order valence-corrected chi connectivity index (χ1v) is 11.4. The number of phenols is 1. The van der Waals surface area contributed by atoms with E-state index in [0.717, 1.165) is 19.6 Å². The smallest absolute Gasteiger partial charge is 0.419 e. The van der Waals surface area contributed by atoms with E-state index < -0.39 is 34.7 Å². The van der Waals surface area contributed by atoms with Gasteiger partial charge in [-0.1, -0.05) is 0 Å². The summed E-state index contributed by atoms with van der Waals surface area (Å²) in [6.07, 6.45) is -3.73. The van der Waals surface area contributed by atoms with Crippen LogP contribution in [0.15, 0.2) is 18.3 Å². The molecule has 13 heteroatoms. The van der Waals surface area contributed by atoms with Gasteiger partial charge in [-0.25, -0.2) is 13.8 Å². The lowest BCUT2D eigenvalue weighted by molar-refractivity contribution is -0.140. The first-order valence-electron chi connectivity index (χ1n) is 11.4. The second kappa shape index (κ2) is 9.45. The van der Waals surface area contributed by atoms with Crippen molar-refractivity contribution in [1.29, 1.82) is 0 Å². The van der Waals surface area contributed by atoms with Gasteiger partial charge in [0.15, 0.2) is 17.4 Å². The zero-order valence-electron chi connectivity index (χ0n) is 19.4. The molecule has 8 nitrogen and oxygen atoms in total. The van der Waals surface area contributed by atoms with Gasteiger partial charge in [0, 0.05) is 56.4 Å². The minimum Gasteiger partial charge on any atom is -0.503 e. The number of phenolic OH excluding ortho intramolecular Hbond substituents is 1. The van der Waals surface area contributed by atoms with Crippen LogP contribution in [-0.4, -0.2) is 83.4 Å². The van der Waals surface area contributed by atoms with Crippen molar-refractivity contribution < 1.29 is 36.5 Å². The number of pyridine rings is 1. The molecule has 1 atom stereocenters. The van der Waals surface area contributed by atoms with Crippen LogP contribution in [0.25, 0.3) is 22.2 Å². The molecule has 2 aliphatic rings. The monoisotopic (exact) mass is 513 g/mol. The quantitative estimate of drug-likeness (QED) is 0.538. The molecule has 194 valence electrons. The number of rotatable bonds is 4. The molecule has 2 aliphatic heterocycles. The molecule has 3 aromatic rings. The number of aromatic nitrogens is 3. The summed E-state index contributed by atoms with van der Waals surface area (Å²) in [5.41, 5.74) is -2.14. The highest BCUT2D eigenvalue weighted by Gasteiger charge is 2.38. The topological polar surface area (TPSA) is 75.9 Å². The van der Waals surface area contributed by atoms with Gasteiger partial charge in [-0.3, -0.25) is 9.58 Å². The Hall–Kier alpha value is -3.03. The Morgan fingerprint density at radius 2 is 1.78 bits per heavy atom. The Morgan fingerprint density at radius 3 is 2.50 bits per heavy atom. The summed E-state index contributed by atoms with van der Waals surface area (Å²) in [7, 11) is 1.56. The SMILES string of the molecule is Cn1nc(-c2cc(C(F)(F)F)c(F)c(O)c2F)c2cnc(N3CCOCC3CN3CCOCC3)cc21. The lowest BCUT2D eigenvalue weighted by Gasteiger charge is -2.40. The molecular formula is C23H24F5N5O3. The fourth-order valence-corrected chi connectivity index (χ4v) is 4.69. The van der Waals surface area contributed by atoms with Gasteiger partial charge in [0.25, 0.3) is 0 Å². The van der Waals surface area contributed by atoms with Crippen LogP contribution in [-0.2, 0) is 22.7 Å². The zero-order chi connectivity index (χ0) is 25.6. The molecule has 0 radical (unpaired) electrons. The van der Waals surface area contributed by atoms with Crippen LogP contribution in [0.2, 0.25) is 0 Å². The van der Waals surface area contributed by atoms with Gasteiger partial charge < -0.3 is 19.5 Å². The van der Waals surface area contributed by atoms with Crippen molar-refractivity contribution in [1.82, 2.24) is 19.7 Å². The molecule has 0 aliphatic carbocycles. The number of aromatic hydroxyl groups is 1. The van der Waals surface area contributed by atoms with Crippen LogP contribution >= 0.6 is 0 Å². The maximum absolute atomic E-state index is 14.7. The molecule has 4 heterocycles. The third-order valence-corrected chi connectivity index (χ3v) is 6.55. The van der Waals surface area contributed by atoms with Gasteiger partial charge in [0.1, 0.15) is 11.5 Å². The number of benzene rings is 1. The third-order valence-electron chi connectivity index (χ3n) is 6.55. The maximum Gasteiger partial charge on any atom is 0.419 e. The maximum atomic E-state index is 14.7. The number of hydrogen-bond donors (Lipinski definition) is 1. The molecule has 0 bridgehead atoms. The van der Waals surface area contributed by atoms with Crippen molar-refractivity contribution in [2.45, 2.75) is 12.2 Å². The summed E-state index contributed by atoms with van der Waals surface area (Å²) in [5.74, 6) is -4.68. The van der Waals surface area contributed by atoms with Gasteiger partial charge in [0.2, 0.25) is 0 Å². The van der Waals surface area contributed by atoms with Crippen molar-refractivity contribution in [3.8, 4) is 17.0 Å². The lowest BCUT2D eigenvalue weighted by atomic mass is 10.0. The molecule has 2 fully saturated rings. The summed E-state index contributed by atoms with van der Waals surface area (Å²) in [6.45, 7) is 5.33. The predicted octanol–water partition coefficient (Wildman–Crippen LogP) is 3.18. The van der Waals surface area contributed by atoms with E-state index in [1.807, 2.05) is 0 Å². The van der Waals surface area contributed by atoms with Crippen LogP contribution in [0.4, 0.5) is 27.8 Å². The molecule has 2 saturated heterocycles. The van der Waals surface area contributed by atoms with E-state index in [1.54, 1.807) is 13.1 Å². The van der Waals surface area contributed by atoms with E-state index in [2.05, 4.69) is 19.9 Å². The molecule has 1 aromatic carbocycles. The largest absolute Gasteiger partial charge is 0.503 e. The Morgan fingerprint density at radius 1 is 1.06 bits per heavy atom. The standard InChI is InChI=1S/C23H24F5N5O3/c1-31-17-9-18(33-4-7-36-12-13(33)11-32-2-5-35-6-3-32)29-10-15(17)21(30-31)14-8-16(23(26,27)28)20(25)22(34)19(14)24/h8-10,13,34H,2-7,11-12H2,1H3. The second-order valence-electron chi connectivity index (χ2n) is 8.81. The van der Waals surface area contributed by atoms with Crippen LogP contribution in [0.5, 0.6) is 5.75 Å². The first kappa shape index (κ1) is 24.7. The van der Waals surface area contributed by atoms with Crippen LogP contribution in [0, 0.1) is 11.6 Å². The highest BCUT2D eigenvalue weighted by Crippen LogP contribution is 2.41. The van der Waals surface area contributed by atoms with Gasteiger partial charge in [0.05, 0.1) is 43.5 Å². The number of hydrogen-bond acceptors (Lipinski definition) is 7. The highest BCUT2D eigenvalue weighted by molar-refractivity contribution is 5.94. The summed E-state index contributed by atoms with van der Waals surface area (Å²) in [6, 6.07) is 2.07. The first-order chi connectivity index (χ1) is 17.1. The summed E-state index contributed by atoms with van der Waals surface area (Å²) in [4.78, 5) is 8.91. The van der Waals surface area contributed by atoms with Crippen LogP contribution < -0.4 is 4.90 Å². The Labute approximate surface area is 202 Å². The van der Waals surface area contributed by atoms with Crippen LogP contribution in [0.1, 0.15) is 5.56 Å². The summed E-state index contributed by atoms with van der Waals surface area (Å²) >= 11 is 0. The minimum atomic E-state index is -5.13. The van der Waals surface area contributed by atoms with Crippen molar-refractivity contribution in [2.24, 2.45) is 7.05 Å². The van der Waals surface area contributed by atoms with Gasteiger partial charge in [-0.05, 0) is 6.07 Å². The molecular weight excluding hydrogens is 489 g/mol. The minimum absolute atomic E-state index is 0.0235. The van der Waals surface area contributed by atoms with E-state index >= 15 is 0 Å². The zero-order valence-corrected chi connectivity index (χ0v) is 19.4. The summed E-state index contributed by atoms with van der Waals surface area (Å²) < 4.78 is 81.1. The van der Waals surface area contributed by atoms with Gasteiger partial charge in [-0.15, -0.1) is 0 Å². The molecule has 0 spiro atoms. The fourth-order valence-electron chi connectivity index (χ4n) is 4.69. The number of morpholine rings is 2. The van der Waals surface area contributed by atoms with E-state index in [-0.39, 0.29) is 17.1 Å². The van der Waals surface area contributed by atoms with Crippen molar-refractivity contribution in [2.75, 3.05) is 57.5 Å². The fraction of sp³-hybridized carbons (Fsp3) is 0.478. The molecule has 2 aromatic heterocycles. The van der Waals surface area contributed by atoms with Crippen LogP contribution in [0.3, 0.4) is 0 Å². The Balaban J connectivity index is 1.53. The van der Waals surface area contributed by atoms with E-state index in [0.29, 0.717) is 50.4 Å². The average Bonchev–Trinajstić information content (AvgIpc) is 3.18. The number of nitrogens with zero attached hydrogens (tertiary/aromatic N) is 5. The highest BCUT2D eigenvalue weighted by atomic mass is 19.4. The number of ether oxygens (including phenoxy) is 2. The number of anilines is 1. The van der Waals surface area contributed by atoms with Crippen molar-refractivity contribution in [3.63, 3.8) is 0 Å². The van der Waals surface area contributed by atoms with E-state index in [1.165, 1.54) is 10.9 Å². The van der Waals surface area contributed by atoms with E-state index in [4.69, 9.17) is 9.47 Å². The second-order valence-corrected chi connectivity index (χ2v) is 8.81. The van der Waals surface area contributed by atoms with Gasteiger partial charge in [-0.2, -0.15) is 18.3 Å². The molecule has 0 amide bonds. The Kier molecular flexibility index (Phi) is 6.47. The average molecular weight is 513 g/mol. The third kappa shape index (κ3) is 4.46. The number of halogens is 5. The van der Waals surface area contributed by atoms with E-state index in [9.17, 15) is 27.1 Å². The molecule has 36 heavy (non-hydrogen) atoms. The van der Waals surface area contributed by atoms with Crippen molar-refractivity contribution >= 4 is 16.7 Å². The number of alkyl halides is 3. The number of aryl methyl sites for hydroxylation is 1. The predicted molar refractivity (Wildman–Crippen MR) is 120 cm³/mol. The lowest BCUT2D eigenvalue weighted by Crippen LogP contribution is -2.53. The van der Waals surface area contributed by atoms with Gasteiger partial charge >= 0.3 is 6.18 Å². The van der Waals surface area contributed by atoms with Crippen molar-refractivity contribution in [3.05, 3.63) is 35.5 Å². The molecule has 1 unspecified atom stereocenters. The molecule has 5 rings (SSSR count). The molecule has 0 saturated carbocycles. The summed E-state index contributed by atoms with van der Waals surface area (Å²) in [5, 5.41) is 14.2. The number of fused-ring (bicyclic) bond motifs is 1.